The van der Waals surface area contributed by atoms with Crippen molar-refractivity contribution in [1.29, 1.82) is 0 Å². The lowest BCUT2D eigenvalue weighted by Gasteiger charge is -2.12. The predicted octanol–water partition coefficient (Wildman–Crippen LogP) is 3.90. The fourth-order valence-corrected chi connectivity index (χ4v) is 2.94. The van der Waals surface area contributed by atoms with Crippen molar-refractivity contribution in [2.45, 2.75) is 20.3 Å². The van der Waals surface area contributed by atoms with Crippen LogP contribution in [-0.4, -0.2) is 18.2 Å². The van der Waals surface area contributed by atoms with Gasteiger partial charge >= 0.3 is 0 Å². The Labute approximate surface area is 135 Å². The van der Waals surface area contributed by atoms with E-state index in [1.54, 1.807) is 26.0 Å². The predicted molar refractivity (Wildman–Crippen MR) is 84.0 cm³/mol. The summed E-state index contributed by atoms with van der Waals surface area (Å²) in [6, 6.07) is 3.33. The quantitative estimate of drug-likeness (QED) is 0.883. The van der Waals surface area contributed by atoms with Crippen molar-refractivity contribution in [2.24, 2.45) is 0 Å². The van der Waals surface area contributed by atoms with Crippen LogP contribution in [0.5, 0.6) is 5.75 Å². The number of carbonyl (C=O) groups is 1. The van der Waals surface area contributed by atoms with Gasteiger partial charge in [0.2, 0.25) is 5.91 Å². The Kier molecular flexibility index (Phi) is 4.90. The summed E-state index contributed by atoms with van der Waals surface area (Å²) in [5, 5.41) is 7.11. The third kappa shape index (κ3) is 3.57. The third-order valence-corrected chi connectivity index (χ3v) is 3.81. The highest BCUT2D eigenvalue weighted by atomic mass is 79.9. The van der Waals surface area contributed by atoms with Crippen LogP contribution in [0.2, 0.25) is 5.02 Å². The van der Waals surface area contributed by atoms with E-state index in [2.05, 4.69) is 26.4 Å². The molecule has 0 bridgehead atoms. The van der Waals surface area contributed by atoms with Crippen LogP contribution in [0.3, 0.4) is 0 Å². The van der Waals surface area contributed by atoms with Crippen molar-refractivity contribution in [3.05, 3.63) is 38.6 Å². The molecule has 1 N–H and O–H groups in total. The van der Waals surface area contributed by atoms with E-state index in [4.69, 9.17) is 20.9 Å². The first-order valence-electron chi connectivity index (χ1n) is 6.17. The molecule has 0 aliphatic heterocycles. The number of ether oxygens (including phenoxy) is 1. The van der Waals surface area contributed by atoms with Crippen LogP contribution in [0.1, 0.15) is 17.0 Å². The number of nitrogens with one attached hydrogen (secondary N) is 1. The smallest absolute Gasteiger partial charge is 0.229 e. The highest BCUT2D eigenvalue weighted by Gasteiger charge is 2.16. The summed E-state index contributed by atoms with van der Waals surface area (Å²) in [6.07, 6.45) is 0.175. The Morgan fingerprint density at radius 2 is 2.19 bits per heavy atom. The van der Waals surface area contributed by atoms with Gasteiger partial charge in [-0.3, -0.25) is 4.79 Å². The molecule has 2 aromatic rings. The molecule has 0 radical (unpaired) electrons. The molecule has 0 atom stereocenters. The molecule has 0 aliphatic rings. The lowest BCUT2D eigenvalue weighted by molar-refractivity contribution is -0.115. The van der Waals surface area contributed by atoms with Gasteiger partial charge in [-0.2, -0.15) is 0 Å². The van der Waals surface area contributed by atoms with Crippen LogP contribution in [-0.2, 0) is 11.2 Å². The normalized spacial score (nSPS) is 10.5. The number of anilines is 1. The summed E-state index contributed by atoms with van der Waals surface area (Å²) in [6.45, 7) is 3.58. The zero-order valence-electron chi connectivity index (χ0n) is 11.8. The van der Waals surface area contributed by atoms with Gasteiger partial charge in [-0.1, -0.05) is 16.8 Å². The molecule has 1 amide bonds. The zero-order chi connectivity index (χ0) is 15.6. The van der Waals surface area contributed by atoms with Crippen molar-refractivity contribution < 1.29 is 14.1 Å². The molecular formula is C14H14BrClN2O3. The fourth-order valence-electron chi connectivity index (χ4n) is 1.97. The highest BCUT2D eigenvalue weighted by molar-refractivity contribution is 9.10. The average molecular weight is 374 g/mol. The van der Waals surface area contributed by atoms with E-state index >= 15 is 0 Å². The second-order valence-electron chi connectivity index (χ2n) is 4.50. The molecule has 5 nitrogen and oxygen atoms in total. The SMILES string of the molecule is COc1c(Br)cc(Cl)cc1NC(=O)Cc1c(C)noc1C. The first-order chi connectivity index (χ1) is 9.92. The highest BCUT2D eigenvalue weighted by Crippen LogP contribution is 2.36. The van der Waals surface area contributed by atoms with Crippen LogP contribution >= 0.6 is 27.5 Å². The minimum Gasteiger partial charge on any atom is -0.493 e. The maximum atomic E-state index is 12.2. The first kappa shape index (κ1) is 15.9. The van der Waals surface area contributed by atoms with Crippen molar-refractivity contribution in [3.8, 4) is 5.75 Å². The second kappa shape index (κ2) is 6.49. The number of benzene rings is 1. The lowest BCUT2D eigenvalue weighted by atomic mass is 10.1. The molecular weight excluding hydrogens is 360 g/mol. The van der Waals surface area contributed by atoms with E-state index in [-0.39, 0.29) is 12.3 Å². The minimum absolute atomic E-state index is 0.175. The number of amides is 1. The maximum absolute atomic E-state index is 12.2. The molecule has 7 heteroatoms. The van der Waals surface area contributed by atoms with Gasteiger partial charge in [0.1, 0.15) is 5.76 Å². The molecule has 0 saturated carbocycles. The molecule has 0 fully saturated rings. The number of hydrogen-bond acceptors (Lipinski definition) is 4. The maximum Gasteiger partial charge on any atom is 0.229 e. The van der Waals surface area contributed by atoms with Gasteiger partial charge in [0.25, 0.3) is 0 Å². The molecule has 0 spiro atoms. The van der Waals surface area contributed by atoms with E-state index in [0.29, 0.717) is 32.4 Å². The summed E-state index contributed by atoms with van der Waals surface area (Å²) >= 11 is 9.34. The number of hydrogen-bond donors (Lipinski definition) is 1. The standard InChI is InChI=1S/C14H14BrClN2O3/c1-7-10(8(2)21-18-7)6-13(19)17-12-5-9(16)4-11(15)14(12)20-3/h4-5H,6H2,1-3H3,(H,17,19). The molecule has 0 aliphatic carbocycles. The van der Waals surface area contributed by atoms with Crippen molar-refractivity contribution in [2.75, 3.05) is 12.4 Å². The number of methoxy groups -OCH3 is 1. The zero-order valence-corrected chi connectivity index (χ0v) is 14.1. The fraction of sp³-hybridized carbons (Fsp3) is 0.286. The summed E-state index contributed by atoms with van der Waals surface area (Å²) in [4.78, 5) is 12.2. The van der Waals surface area contributed by atoms with Crippen LogP contribution in [0.4, 0.5) is 5.69 Å². The van der Waals surface area contributed by atoms with Gasteiger partial charge in [-0.15, -0.1) is 0 Å². The van der Waals surface area contributed by atoms with Gasteiger partial charge in [0, 0.05) is 10.6 Å². The van der Waals surface area contributed by atoms with Crippen molar-refractivity contribution in [1.82, 2.24) is 5.16 Å². The largest absolute Gasteiger partial charge is 0.493 e. The second-order valence-corrected chi connectivity index (χ2v) is 5.79. The molecule has 2 rings (SSSR count). The van der Waals surface area contributed by atoms with Crippen LogP contribution in [0.25, 0.3) is 0 Å². The minimum atomic E-state index is -0.197. The van der Waals surface area contributed by atoms with Crippen molar-refractivity contribution in [3.63, 3.8) is 0 Å². The number of aryl methyl sites for hydroxylation is 2. The molecule has 0 saturated heterocycles. The van der Waals surface area contributed by atoms with E-state index in [1.165, 1.54) is 7.11 Å². The Morgan fingerprint density at radius 1 is 1.48 bits per heavy atom. The number of nitrogens with zero attached hydrogens (tertiary/aromatic N) is 1. The van der Waals surface area contributed by atoms with Gasteiger partial charge < -0.3 is 14.6 Å². The number of rotatable bonds is 4. The summed E-state index contributed by atoms with van der Waals surface area (Å²) in [5.41, 5.74) is 2.00. The van der Waals surface area contributed by atoms with E-state index in [9.17, 15) is 4.79 Å². The Bertz CT molecular complexity index is 666. The molecule has 0 unspecified atom stereocenters. The Morgan fingerprint density at radius 3 is 2.76 bits per heavy atom. The van der Waals surface area contributed by atoms with Crippen LogP contribution in [0, 0.1) is 13.8 Å². The lowest BCUT2D eigenvalue weighted by Crippen LogP contribution is -2.16. The van der Waals surface area contributed by atoms with Gasteiger partial charge in [0.15, 0.2) is 5.75 Å². The summed E-state index contributed by atoms with van der Waals surface area (Å²) in [7, 11) is 1.53. The number of aromatic nitrogens is 1. The van der Waals surface area contributed by atoms with Crippen molar-refractivity contribution >= 4 is 39.1 Å². The first-order valence-corrected chi connectivity index (χ1v) is 7.34. The monoisotopic (exact) mass is 372 g/mol. The molecule has 1 heterocycles. The Balaban J connectivity index is 2.20. The Hall–Kier alpha value is -1.53. The molecule has 1 aromatic carbocycles. The average Bonchev–Trinajstić information content (AvgIpc) is 2.70. The van der Waals surface area contributed by atoms with E-state index in [0.717, 1.165) is 5.56 Å². The van der Waals surface area contributed by atoms with E-state index in [1.807, 2.05) is 0 Å². The number of halogens is 2. The number of carbonyl (C=O) groups excluding carboxylic acids is 1. The van der Waals surface area contributed by atoms with Crippen LogP contribution in [0.15, 0.2) is 21.1 Å². The topological polar surface area (TPSA) is 64.4 Å². The van der Waals surface area contributed by atoms with Gasteiger partial charge in [-0.05, 0) is 41.9 Å². The van der Waals surface area contributed by atoms with Crippen LogP contribution < -0.4 is 10.1 Å². The third-order valence-electron chi connectivity index (χ3n) is 3.01. The molecule has 112 valence electrons. The molecule has 21 heavy (non-hydrogen) atoms. The van der Waals surface area contributed by atoms with Gasteiger partial charge in [0.05, 0.1) is 29.4 Å². The van der Waals surface area contributed by atoms with E-state index < -0.39 is 0 Å². The summed E-state index contributed by atoms with van der Waals surface area (Å²) < 4.78 is 11.0. The van der Waals surface area contributed by atoms with Gasteiger partial charge in [-0.25, -0.2) is 0 Å². The molecule has 1 aromatic heterocycles. The summed E-state index contributed by atoms with van der Waals surface area (Å²) in [5.74, 6) is 0.963.